The summed E-state index contributed by atoms with van der Waals surface area (Å²) in [6.07, 6.45) is 2.38. The second kappa shape index (κ2) is 6.31. The van der Waals surface area contributed by atoms with Crippen molar-refractivity contribution in [3.05, 3.63) is 11.6 Å². The fraction of sp³-hybridized carbons (Fsp3) is 0.583. The molecule has 0 aliphatic carbocycles. The molecular formula is C12H18IN3O2. The van der Waals surface area contributed by atoms with Gasteiger partial charge in [-0.1, -0.05) is 12.5 Å². The van der Waals surface area contributed by atoms with E-state index >= 15 is 0 Å². The maximum absolute atomic E-state index is 12.2. The SMILES string of the molecule is CC/N=C(\C=C(C)C)N1C(=O)[C@@H](CC)N(I)C1=O. The van der Waals surface area contributed by atoms with Crippen LogP contribution in [0.3, 0.4) is 0 Å². The largest absolute Gasteiger partial charge is 0.342 e. The Morgan fingerprint density at radius 2 is 2.00 bits per heavy atom. The zero-order chi connectivity index (χ0) is 13.9. The molecule has 18 heavy (non-hydrogen) atoms. The van der Waals surface area contributed by atoms with Crippen LogP contribution >= 0.6 is 22.9 Å². The van der Waals surface area contributed by atoms with Crippen molar-refractivity contribution in [2.24, 2.45) is 4.99 Å². The lowest BCUT2D eigenvalue weighted by atomic mass is 10.2. The van der Waals surface area contributed by atoms with Crippen molar-refractivity contribution < 1.29 is 9.59 Å². The molecule has 0 spiro atoms. The van der Waals surface area contributed by atoms with Crippen LogP contribution < -0.4 is 0 Å². The van der Waals surface area contributed by atoms with Crippen molar-refractivity contribution in [2.75, 3.05) is 6.54 Å². The molecule has 0 N–H and O–H groups in total. The van der Waals surface area contributed by atoms with Crippen LogP contribution in [0.2, 0.25) is 0 Å². The Morgan fingerprint density at radius 3 is 2.39 bits per heavy atom. The zero-order valence-electron chi connectivity index (χ0n) is 11.1. The Kier molecular flexibility index (Phi) is 5.30. The maximum Gasteiger partial charge on any atom is 0.342 e. The first kappa shape index (κ1) is 15.1. The summed E-state index contributed by atoms with van der Waals surface area (Å²) in [6, 6.07) is -0.692. The molecule has 0 saturated carbocycles. The van der Waals surface area contributed by atoms with Crippen LogP contribution in [0.25, 0.3) is 0 Å². The number of aliphatic imine (C=N–C) groups is 1. The number of rotatable bonds is 3. The van der Waals surface area contributed by atoms with E-state index in [-0.39, 0.29) is 18.0 Å². The van der Waals surface area contributed by atoms with Crippen molar-refractivity contribution >= 4 is 40.6 Å². The highest BCUT2D eigenvalue weighted by Gasteiger charge is 2.45. The molecule has 3 amide bonds. The summed E-state index contributed by atoms with van der Waals surface area (Å²) in [5, 5.41) is 0. The second-order valence-electron chi connectivity index (χ2n) is 4.25. The molecule has 5 nitrogen and oxygen atoms in total. The Hall–Kier alpha value is -0.920. The van der Waals surface area contributed by atoms with Gasteiger partial charge in [0, 0.05) is 6.54 Å². The van der Waals surface area contributed by atoms with Crippen LogP contribution in [0.15, 0.2) is 16.6 Å². The Labute approximate surface area is 121 Å². The summed E-state index contributed by atoms with van der Waals surface area (Å²) in [5.41, 5.74) is 1.00. The molecule has 1 heterocycles. The predicted octanol–water partition coefficient (Wildman–Crippen LogP) is 2.76. The number of amidine groups is 1. The van der Waals surface area contributed by atoms with Crippen molar-refractivity contribution in [3.63, 3.8) is 0 Å². The minimum atomic E-state index is -0.384. The predicted molar refractivity (Wildman–Crippen MR) is 79.6 cm³/mol. The van der Waals surface area contributed by atoms with Gasteiger partial charge in [-0.05, 0) is 33.3 Å². The topological polar surface area (TPSA) is 53.0 Å². The standard InChI is InChI=1S/C12H18IN3O2/c1-5-9-11(17)15(12(18)16(9)13)10(14-6-2)7-8(3)4/h7,9H,5-6H2,1-4H3/b14-10+/t9-/m1/s1. The number of halogens is 1. The number of hydrogen-bond acceptors (Lipinski definition) is 3. The van der Waals surface area contributed by atoms with E-state index < -0.39 is 0 Å². The summed E-state index contributed by atoms with van der Waals surface area (Å²) in [5.74, 6) is 0.242. The van der Waals surface area contributed by atoms with E-state index in [1.165, 1.54) is 8.01 Å². The average Bonchev–Trinajstić information content (AvgIpc) is 2.49. The smallest absolute Gasteiger partial charge is 0.271 e. The first-order chi connectivity index (χ1) is 8.43. The summed E-state index contributed by atoms with van der Waals surface area (Å²) >= 11 is 1.89. The van der Waals surface area contributed by atoms with Gasteiger partial charge < -0.3 is 0 Å². The highest BCUT2D eigenvalue weighted by Crippen LogP contribution is 2.24. The normalized spacial score (nSPS) is 20.7. The van der Waals surface area contributed by atoms with E-state index in [0.29, 0.717) is 18.8 Å². The molecule has 0 radical (unpaired) electrons. The van der Waals surface area contributed by atoms with Crippen molar-refractivity contribution in [3.8, 4) is 0 Å². The number of hydrogen-bond donors (Lipinski definition) is 0. The quantitative estimate of drug-likeness (QED) is 0.255. The molecule has 0 aromatic carbocycles. The summed E-state index contributed by atoms with van der Waals surface area (Å²) in [7, 11) is 0. The van der Waals surface area contributed by atoms with Crippen molar-refractivity contribution in [1.29, 1.82) is 0 Å². The molecule has 0 unspecified atom stereocenters. The van der Waals surface area contributed by atoms with Crippen molar-refractivity contribution in [2.45, 2.75) is 40.2 Å². The minimum absolute atomic E-state index is 0.193. The van der Waals surface area contributed by atoms with Gasteiger partial charge in [-0.15, -0.1) is 0 Å². The van der Waals surface area contributed by atoms with Gasteiger partial charge in [-0.2, -0.15) is 0 Å². The Bertz CT molecular complexity index is 414. The molecule has 0 bridgehead atoms. The number of allylic oxidation sites excluding steroid dienone is 1. The van der Waals surface area contributed by atoms with Crippen LogP contribution in [-0.4, -0.2) is 38.4 Å². The van der Waals surface area contributed by atoms with Crippen LogP contribution in [-0.2, 0) is 4.79 Å². The summed E-state index contributed by atoms with van der Waals surface area (Å²) in [6.45, 7) is 8.13. The number of carbonyl (C=O) groups excluding carboxylic acids is 2. The number of imide groups is 1. The molecule has 1 fully saturated rings. The number of carbonyl (C=O) groups is 2. The fourth-order valence-corrected chi connectivity index (χ4v) is 2.56. The maximum atomic E-state index is 12.2. The van der Waals surface area contributed by atoms with Gasteiger partial charge in [0.05, 0.1) is 22.9 Å². The van der Waals surface area contributed by atoms with E-state index in [9.17, 15) is 9.59 Å². The summed E-state index contributed by atoms with van der Waals surface area (Å²) in [4.78, 5) is 29.7. The number of amides is 3. The molecule has 0 aromatic heterocycles. The highest BCUT2D eigenvalue weighted by atomic mass is 127. The molecular weight excluding hydrogens is 345 g/mol. The van der Waals surface area contributed by atoms with Crippen LogP contribution in [0.4, 0.5) is 4.79 Å². The molecule has 1 saturated heterocycles. The molecule has 1 rings (SSSR count). The van der Waals surface area contributed by atoms with Gasteiger partial charge in [-0.3, -0.25) is 12.9 Å². The third-order valence-electron chi connectivity index (χ3n) is 2.51. The van der Waals surface area contributed by atoms with Crippen molar-refractivity contribution in [1.82, 2.24) is 8.01 Å². The number of nitrogens with zero attached hydrogens (tertiary/aromatic N) is 3. The highest BCUT2D eigenvalue weighted by molar-refractivity contribution is 14.1. The molecule has 6 heteroatoms. The molecule has 1 aliphatic rings. The van der Waals surface area contributed by atoms with Gasteiger partial charge in [0.1, 0.15) is 11.9 Å². The molecule has 100 valence electrons. The average molecular weight is 363 g/mol. The van der Waals surface area contributed by atoms with Gasteiger partial charge in [0.25, 0.3) is 5.91 Å². The van der Waals surface area contributed by atoms with Crippen LogP contribution in [0, 0.1) is 0 Å². The third-order valence-corrected chi connectivity index (χ3v) is 3.59. The van der Waals surface area contributed by atoms with Gasteiger partial charge in [0.15, 0.2) is 0 Å². The fourth-order valence-electron chi connectivity index (χ4n) is 1.72. The summed E-state index contributed by atoms with van der Waals surface area (Å²) < 4.78 is 1.45. The lowest BCUT2D eigenvalue weighted by molar-refractivity contribution is -0.125. The van der Waals surface area contributed by atoms with E-state index in [1.54, 1.807) is 6.08 Å². The van der Waals surface area contributed by atoms with Gasteiger partial charge in [-0.25, -0.2) is 9.69 Å². The van der Waals surface area contributed by atoms with E-state index in [4.69, 9.17) is 0 Å². The van der Waals surface area contributed by atoms with Gasteiger partial charge in [0.2, 0.25) is 0 Å². The second-order valence-corrected chi connectivity index (χ2v) is 5.29. The monoisotopic (exact) mass is 363 g/mol. The van der Waals surface area contributed by atoms with E-state index in [1.807, 2.05) is 50.6 Å². The Morgan fingerprint density at radius 1 is 1.39 bits per heavy atom. The Balaban J connectivity index is 3.14. The first-order valence-electron chi connectivity index (χ1n) is 5.96. The van der Waals surface area contributed by atoms with Crippen LogP contribution in [0.5, 0.6) is 0 Å². The minimum Gasteiger partial charge on any atom is -0.271 e. The zero-order valence-corrected chi connectivity index (χ0v) is 13.3. The lowest BCUT2D eigenvalue weighted by Crippen LogP contribution is -2.36. The lowest BCUT2D eigenvalue weighted by Gasteiger charge is -2.13. The van der Waals surface area contributed by atoms with E-state index in [2.05, 4.69) is 4.99 Å². The molecule has 1 aliphatic heterocycles. The molecule has 0 aromatic rings. The third kappa shape index (κ3) is 2.90. The van der Waals surface area contributed by atoms with Gasteiger partial charge >= 0.3 is 6.03 Å². The van der Waals surface area contributed by atoms with E-state index in [0.717, 1.165) is 5.57 Å². The molecule has 1 atom stereocenters. The first-order valence-corrected chi connectivity index (χ1v) is 6.92. The van der Waals surface area contributed by atoms with Crippen LogP contribution in [0.1, 0.15) is 34.1 Å². The number of urea groups is 1.